The van der Waals surface area contributed by atoms with Crippen molar-refractivity contribution in [3.63, 3.8) is 0 Å². The van der Waals surface area contributed by atoms with Crippen molar-refractivity contribution in [1.82, 2.24) is 5.32 Å². The number of nitrogens with zero attached hydrogens (tertiary/aromatic N) is 1. The zero-order valence-corrected chi connectivity index (χ0v) is 18.8. The minimum Gasteiger partial charge on any atom is -0.493 e. The first kappa shape index (κ1) is 22.7. The lowest BCUT2D eigenvalue weighted by Gasteiger charge is -2.26. The highest BCUT2D eigenvalue weighted by atomic mass is 35.5. The number of carbonyl (C=O) groups excluding carboxylic acids is 3. The molecule has 3 rings (SSSR count). The number of urea groups is 1. The fourth-order valence-electron chi connectivity index (χ4n) is 2.95. The summed E-state index contributed by atoms with van der Waals surface area (Å²) in [6, 6.07) is 7.00. The smallest absolute Gasteiger partial charge is 0.335 e. The van der Waals surface area contributed by atoms with Gasteiger partial charge in [-0.25, -0.2) is 9.69 Å². The molecule has 7 nitrogen and oxygen atoms in total. The van der Waals surface area contributed by atoms with Gasteiger partial charge in [0.2, 0.25) is 0 Å². The van der Waals surface area contributed by atoms with Gasteiger partial charge >= 0.3 is 6.03 Å². The minimum atomic E-state index is -0.858. The number of hydrogen-bond acceptors (Lipinski definition) is 5. The van der Waals surface area contributed by atoms with Crippen molar-refractivity contribution in [1.29, 1.82) is 0 Å². The molecule has 1 aliphatic rings. The van der Waals surface area contributed by atoms with E-state index in [1.165, 1.54) is 19.3 Å². The van der Waals surface area contributed by atoms with E-state index in [0.717, 1.165) is 10.5 Å². The number of anilines is 1. The number of aryl methyl sites for hydroxylation is 1. The second-order valence-electron chi connectivity index (χ2n) is 7.09. The van der Waals surface area contributed by atoms with Crippen LogP contribution in [-0.2, 0) is 9.59 Å². The number of hydrogen-bond donors (Lipinski definition) is 1. The quantitative estimate of drug-likeness (QED) is 0.511. The zero-order valence-electron chi connectivity index (χ0n) is 17.3. The summed E-state index contributed by atoms with van der Waals surface area (Å²) >= 11 is 12.5. The molecule has 31 heavy (non-hydrogen) atoms. The van der Waals surface area contributed by atoms with Gasteiger partial charge in [0.25, 0.3) is 11.8 Å². The van der Waals surface area contributed by atoms with Crippen molar-refractivity contribution in [2.45, 2.75) is 26.9 Å². The van der Waals surface area contributed by atoms with Crippen molar-refractivity contribution in [3.8, 4) is 11.5 Å². The second-order valence-corrected chi connectivity index (χ2v) is 7.91. The van der Waals surface area contributed by atoms with E-state index in [0.29, 0.717) is 22.1 Å². The largest absolute Gasteiger partial charge is 0.493 e. The van der Waals surface area contributed by atoms with Crippen LogP contribution in [-0.4, -0.2) is 31.1 Å². The Bertz CT molecular complexity index is 1110. The average Bonchev–Trinajstić information content (AvgIpc) is 2.69. The molecule has 0 aromatic heterocycles. The van der Waals surface area contributed by atoms with Crippen LogP contribution in [0, 0.1) is 6.92 Å². The highest BCUT2D eigenvalue weighted by Crippen LogP contribution is 2.38. The molecule has 1 heterocycles. The molecule has 1 N–H and O–H groups in total. The van der Waals surface area contributed by atoms with Gasteiger partial charge in [0, 0.05) is 5.02 Å². The van der Waals surface area contributed by atoms with Crippen LogP contribution in [0.3, 0.4) is 0 Å². The van der Waals surface area contributed by atoms with Crippen molar-refractivity contribution in [3.05, 3.63) is 57.1 Å². The predicted molar refractivity (Wildman–Crippen MR) is 119 cm³/mol. The summed E-state index contributed by atoms with van der Waals surface area (Å²) in [4.78, 5) is 38.7. The van der Waals surface area contributed by atoms with Crippen molar-refractivity contribution in [2.24, 2.45) is 0 Å². The van der Waals surface area contributed by atoms with Crippen LogP contribution in [0.1, 0.15) is 25.0 Å². The monoisotopic (exact) mass is 462 g/mol. The number of methoxy groups -OCH3 is 1. The highest BCUT2D eigenvalue weighted by molar-refractivity contribution is 6.39. The standard InChI is InChI=1S/C22H20Cl2N2O5/c1-11(2)31-19-17(24)8-13(9-18(19)30-4)7-15-20(27)25-22(29)26(21(15)28)14-6-5-12(3)16(23)10-14/h5-11H,1-4H3,(H,25,27,29)/b15-7+. The molecule has 1 saturated heterocycles. The summed E-state index contributed by atoms with van der Waals surface area (Å²) in [6.07, 6.45) is 1.20. The Kier molecular flexibility index (Phi) is 6.57. The Morgan fingerprint density at radius 1 is 1.06 bits per heavy atom. The number of nitrogens with one attached hydrogen (secondary N) is 1. The molecule has 0 unspecified atom stereocenters. The van der Waals surface area contributed by atoms with Gasteiger partial charge in [0.05, 0.1) is 23.9 Å². The molecule has 9 heteroatoms. The summed E-state index contributed by atoms with van der Waals surface area (Å²) < 4.78 is 11.0. The maximum Gasteiger partial charge on any atom is 0.335 e. The van der Waals surface area contributed by atoms with E-state index in [1.807, 2.05) is 13.8 Å². The molecule has 2 aromatic carbocycles. The molecule has 0 spiro atoms. The molecule has 0 bridgehead atoms. The molecule has 1 aliphatic heterocycles. The molecule has 0 saturated carbocycles. The van der Waals surface area contributed by atoms with E-state index in [1.54, 1.807) is 31.2 Å². The number of rotatable bonds is 5. The fourth-order valence-corrected chi connectivity index (χ4v) is 3.39. The van der Waals surface area contributed by atoms with E-state index in [2.05, 4.69) is 5.32 Å². The van der Waals surface area contributed by atoms with Gasteiger partial charge in [-0.3, -0.25) is 14.9 Å². The highest BCUT2D eigenvalue weighted by Gasteiger charge is 2.37. The number of ether oxygens (including phenoxy) is 2. The first-order chi connectivity index (χ1) is 14.6. The number of benzene rings is 2. The third kappa shape index (κ3) is 4.68. The van der Waals surface area contributed by atoms with Gasteiger partial charge in [0.15, 0.2) is 11.5 Å². The van der Waals surface area contributed by atoms with Crippen molar-refractivity contribution >= 4 is 52.8 Å². The molecule has 0 atom stereocenters. The summed E-state index contributed by atoms with van der Waals surface area (Å²) in [7, 11) is 1.45. The molecule has 0 radical (unpaired) electrons. The molecule has 0 aliphatic carbocycles. The lowest BCUT2D eigenvalue weighted by molar-refractivity contribution is -0.122. The van der Waals surface area contributed by atoms with Crippen molar-refractivity contribution < 1.29 is 23.9 Å². The van der Waals surface area contributed by atoms with E-state index >= 15 is 0 Å². The Hall–Kier alpha value is -3.03. The van der Waals surface area contributed by atoms with Gasteiger partial charge in [0.1, 0.15) is 5.57 Å². The summed E-state index contributed by atoms with van der Waals surface area (Å²) in [6.45, 7) is 5.49. The maximum absolute atomic E-state index is 13.0. The van der Waals surface area contributed by atoms with Gasteiger partial charge in [-0.2, -0.15) is 0 Å². The van der Waals surface area contributed by atoms with Gasteiger partial charge in [-0.1, -0.05) is 29.3 Å². The Labute approximate surface area is 189 Å². The van der Waals surface area contributed by atoms with Crippen LogP contribution in [0.2, 0.25) is 10.0 Å². The molecule has 2 aromatic rings. The van der Waals surface area contributed by atoms with Crippen LogP contribution in [0.25, 0.3) is 6.08 Å². The van der Waals surface area contributed by atoms with Gasteiger partial charge in [-0.05, 0) is 62.2 Å². The lowest BCUT2D eigenvalue weighted by Crippen LogP contribution is -2.54. The summed E-state index contributed by atoms with van der Waals surface area (Å²) in [5.74, 6) is -0.907. The summed E-state index contributed by atoms with van der Waals surface area (Å²) in [5, 5.41) is 2.81. The van der Waals surface area contributed by atoms with Crippen LogP contribution < -0.4 is 19.7 Å². The third-order valence-corrected chi connectivity index (χ3v) is 5.12. The first-order valence-corrected chi connectivity index (χ1v) is 10.1. The molecule has 4 amide bonds. The zero-order chi connectivity index (χ0) is 22.9. The van der Waals surface area contributed by atoms with Gasteiger partial charge < -0.3 is 9.47 Å². The van der Waals surface area contributed by atoms with Crippen LogP contribution >= 0.6 is 23.2 Å². The van der Waals surface area contributed by atoms with Crippen LogP contribution in [0.4, 0.5) is 10.5 Å². The SMILES string of the molecule is COc1cc(/C=C2\C(=O)NC(=O)N(c3ccc(C)c(Cl)c3)C2=O)cc(Cl)c1OC(C)C. The van der Waals surface area contributed by atoms with E-state index in [-0.39, 0.29) is 22.4 Å². The normalized spacial score (nSPS) is 15.5. The third-order valence-electron chi connectivity index (χ3n) is 4.43. The predicted octanol–water partition coefficient (Wildman–Crippen LogP) is 4.76. The molecular weight excluding hydrogens is 443 g/mol. The number of carbonyl (C=O) groups is 3. The van der Waals surface area contributed by atoms with Crippen LogP contribution in [0.5, 0.6) is 11.5 Å². The molecular formula is C22H20Cl2N2O5. The van der Waals surface area contributed by atoms with Gasteiger partial charge in [-0.15, -0.1) is 0 Å². The number of imide groups is 2. The second kappa shape index (κ2) is 8.99. The van der Waals surface area contributed by atoms with E-state index in [9.17, 15) is 14.4 Å². The molecule has 1 fully saturated rings. The fraction of sp³-hybridized carbons (Fsp3) is 0.227. The van der Waals surface area contributed by atoms with Crippen molar-refractivity contribution in [2.75, 3.05) is 12.0 Å². The topological polar surface area (TPSA) is 84.9 Å². The Morgan fingerprint density at radius 2 is 1.77 bits per heavy atom. The Balaban J connectivity index is 2.03. The average molecular weight is 463 g/mol. The number of amides is 4. The van der Waals surface area contributed by atoms with Crippen LogP contribution in [0.15, 0.2) is 35.9 Å². The van der Waals surface area contributed by atoms with E-state index < -0.39 is 17.8 Å². The summed E-state index contributed by atoms with van der Waals surface area (Å²) in [5.41, 5.74) is 1.21. The van der Waals surface area contributed by atoms with E-state index in [4.69, 9.17) is 32.7 Å². The maximum atomic E-state index is 13.0. The minimum absolute atomic E-state index is 0.137. The number of halogens is 2. The first-order valence-electron chi connectivity index (χ1n) is 9.34. The molecule has 162 valence electrons. The Morgan fingerprint density at radius 3 is 2.39 bits per heavy atom. The lowest BCUT2D eigenvalue weighted by atomic mass is 10.1. The number of barbiturate groups is 1.